The van der Waals surface area contributed by atoms with Gasteiger partial charge in [0.15, 0.2) is 11.5 Å². The molecule has 0 unspecified atom stereocenters. The molecule has 1 aromatic carbocycles. The molecule has 0 spiro atoms. The predicted molar refractivity (Wildman–Crippen MR) is 86.6 cm³/mol. The van der Waals surface area contributed by atoms with Gasteiger partial charge in [0, 0.05) is 0 Å². The summed E-state index contributed by atoms with van der Waals surface area (Å²) in [6.07, 6.45) is 1.71. The summed E-state index contributed by atoms with van der Waals surface area (Å²) < 4.78 is 12.0. The van der Waals surface area contributed by atoms with E-state index in [9.17, 15) is 4.79 Å². The lowest BCUT2D eigenvalue weighted by molar-refractivity contribution is 0.311. The number of aromatic amines is 2. The van der Waals surface area contributed by atoms with Crippen LogP contribution >= 0.6 is 0 Å². The highest BCUT2D eigenvalue weighted by molar-refractivity contribution is 5.55. The normalized spacial score (nSPS) is 11.7. The highest BCUT2D eigenvalue weighted by atomic mass is 16.5. The number of nitrogens with zero attached hydrogens (tertiary/aromatic N) is 4. The molecule has 3 rings (SSSR count). The number of hydrogen-bond donors (Lipinski definition) is 2. The van der Waals surface area contributed by atoms with E-state index in [0.717, 1.165) is 5.56 Å². The second-order valence-corrected chi connectivity index (χ2v) is 4.84. The summed E-state index contributed by atoms with van der Waals surface area (Å²) in [5, 5.41) is 16.9. The van der Waals surface area contributed by atoms with Crippen molar-refractivity contribution in [2.45, 2.75) is 6.92 Å². The molecule has 0 radical (unpaired) electrons. The summed E-state index contributed by atoms with van der Waals surface area (Å²) in [6.45, 7) is 6.25. The Labute approximate surface area is 136 Å². The van der Waals surface area contributed by atoms with Crippen LogP contribution in [0.3, 0.4) is 0 Å². The minimum atomic E-state index is -0.324. The van der Waals surface area contributed by atoms with Crippen LogP contribution in [0.2, 0.25) is 0 Å². The Balaban J connectivity index is 2.11. The Morgan fingerprint density at radius 2 is 2.21 bits per heavy atom. The predicted octanol–water partition coefficient (Wildman–Crippen LogP) is -0.675. The third-order valence-electron chi connectivity index (χ3n) is 3.34. The zero-order valence-electron chi connectivity index (χ0n) is 13.2. The maximum absolute atomic E-state index is 12.5. The van der Waals surface area contributed by atoms with Crippen LogP contribution < -0.4 is 25.6 Å². The standard InChI is InChI=1S/C15H16N6O3/c1-4-24-13-8-10(5-6-12(13)23-3)7-11-9(2)18-21(14(11)22)15-16-19-20-17-15/h5-8,18H,2,4H2,1,3H3,(H,16,17,19,20). The molecule has 2 aromatic heterocycles. The van der Waals surface area contributed by atoms with Crippen LogP contribution in [-0.2, 0) is 0 Å². The van der Waals surface area contributed by atoms with Crippen molar-refractivity contribution < 1.29 is 9.47 Å². The fourth-order valence-corrected chi connectivity index (χ4v) is 2.25. The largest absolute Gasteiger partial charge is 0.493 e. The van der Waals surface area contributed by atoms with Crippen molar-refractivity contribution in [3.05, 3.63) is 44.7 Å². The molecule has 0 fully saturated rings. The first-order valence-electron chi connectivity index (χ1n) is 7.20. The molecule has 0 aliphatic carbocycles. The minimum Gasteiger partial charge on any atom is -0.493 e. The summed E-state index contributed by atoms with van der Waals surface area (Å²) in [6, 6.07) is 5.41. The molecule has 0 atom stereocenters. The molecule has 0 saturated carbocycles. The number of nitrogens with one attached hydrogen (secondary N) is 2. The summed E-state index contributed by atoms with van der Waals surface area (Å²) in [5.74, 6) is 1.35. The maximum atomic E-state index is 12.5. The smallest absolute Gasteiger partial charge is 0.291 e. The first-order chi connectivity index (χ1) is 11.6. The average Bonchev–Trinajstić information content (AvgIpc) is 3.19. The number of methoxy groups -OCH3 is 1. The van der Waals surface area contributed by atoms with Crippen LogP contribution in [0.1, 0.15) is 12.5 Å². The van der Waals surface area contributed by atoms with Crippen LogP contribution in [0.5, 0.6) is 11.5 Å². The lowest BCUT2D eigenvalue weighted by atomic mass is 10.1. The van der Waals surface area contributed by atoms with Crippen molar-refractivity contribution >= 4 is 12.7 Å². The zero-order valence-corrected chi connectivity index (χ0v) is 13.2. The molecule has 0 bridgehead atoms. The number of H-pyrrole nitrogens is 2. The monoisotopic (exact) mass is 328 g/mol. The van der Waals surface area contributed by atoms with Crippen LogP contribution in [0.15, 0.2) is 23.0 Å². The van der Waals surface area contributed by atoms with Gasteiger partial charge in [0.1, 0.15) is 0 Å². The fraction of sp³-hybridized carbons (Fsp3) is 0.200. The van der Waals surface area contributed by atoms with Crippen molar-refractivity contribution in [2.75, 3.05) is 13.7 Å². The second kappa shape index (κ2) is 6.41. The number of aromatic nitrogens is 6. The average molecular weight is 328 g/mol. The van der Waals surface area contributed by atoms with E-state index in [4.69, 9.17) is 9.47 Å². The lowest BCUT2D eigenvalue weighted by Crippen LogP contribution is -2.34. The van der Waals surface area contributed by atoms with Gasteiger partial charge in [-0.1, -0.05) is 17.7 Å². The second-order valence-electron chi connectivity index (χ2n) is 4.84. The molecule has 9 heteroatoms. The van der Waals surface area contributed by atoms with Crippen LogP contribution in [0.4, 0.5) is 0 Å². The number of ether oxygens (including phenoxy) is 2. The molecule has 0 saturated heterocycles. The number of hydrogen-bond acceptors (Lipinski definition) is 6. The minimum absolute atomic E-state index is 0.120. The van der Waals surface area contributed by atoms with Crippen molar-refractivity contribution in [3.8, 4) is 17.4 Å². The highest BCUT2D eigenvalue weighted by Gasteiger charge is 2.09. The van der Waals surface area contributed by atoms with Gasteiger partial charge >= 0.3 is 0 Å². The molecule has 0 amide bonds. The first kappa shape index (κ1) is 15.5. The van der Waals surface area contributed by atoms with Gasteiger partial charge < -0.3 is 9.47 Å². The van der Waals surface area contributed by atoms with Gasteiger partial charge in [0.2, 0.25) is 0 Å². The molecule has 2 heterocycles. The Morgan fingerprint density at radius 1 is 1.38 bits per heavy atom. The third kappa shape index (κ3) is 2.78. The molecule has 2 N–H and O–H groups in total. The molecule has 124 valence electrons. The molecular formula is C15H16N6O3. The third-order valence-corrected chi connectivity index (χ3v) is 3.34. The van der Waals surface area contributed by atoms with Crippen molar-refractivity contribution in [1.29, 1.82) is 0 Å². The van der Waals surface area contributed by atoms with E-state index in [2.05, 4.69) is 32.3 Å². The topological polar surface area (TPSA) is 111 Å². The van der Waals surface area contributed by atoms with Gasteiger partial charge in [-0.25, -0.2) is 0 Å². The Morgan fingerprint density at radius 3 is 2.88 bits per heavy atom. The Hall–Kier alpha value is -3.36. The lowest BCUT2D eigenvalue weighted by Gasteiger charge is -2.09. The van der Waals surface area contributed by atoms with E-state index in [-0.39, 0.29) is 11.5 Å². The Kier molecular flexibility index (Phi) is 4.15. The van der Waals surface area contributed by atoms with Gasteiger partial charge in [-0.15, -0.1) is 5.10 Å². The van der Waals surface area contributed by atoms with E-state index < -0.39 is 0 Å². The molecule has 3 aromatic rings. The zero-order chi connectivity index (χ0) is 17.1. The highest BCUT2D eigenvalue weighted by Crippen LogP contribution is 2.28. The van der Waals surface area contributed by atoms with E-state index in [1.807, 2.05) is 13.0 Å². The van der Waals surface area contributed by atoms with Crippen LogP contribution in [-0.4, -0.2) is 44.1 Å². The summed E-state index contributed by atoms with van der Waals surface area (Å²) >= 11 is 0. The van der Waals surface area contributed by atoms with Crippen molar-refractivity contribution in [1.82, 2.24) is 30.4 Å². The molecule has 0 aliphatic heterocycles. The molecule has 9 nitrogen and oxygen atoms in total. The summed E-state index contributed by atoms with van der Waals surface area (Å²) in [4.78, 5) is 12.5. The van der Waals surface area contributed by atoms with Crippen molar-refractivity contribution in [3.63, 3.8) is 0 Å². The SMILES string of the molecule is C=c1[nH]n(-c2nn[nH]n2)c(=O)c1=Cc1ccc(OC)c(OCC)c1. The van der Waals surface area contributed by atoms with Gasteiger partial charge in [-0.05, 0) is 35.9 Å². The van der Waals surface area contributed by atoms with E-state index in [1.54, 1.807) is 25.3 Å². The van der Waals surface area contributed by atoms with Crippen LogP contribution in [0.25, 0.3) is 18.6 Å². The summed E-state index contributed by atoms with van der Waals surface area (Å²) in [7, 11) is 1.57. The number of rotatable bonds is 5. The van der Waals surface area contributed by atoms with E-state index in [0.29, 0.717) is 28.7 Å². The maximum Gasteiger partial charge on any atom is 0.291 e. The number of tetrazole rings is 1. The van der Waals surface area contributed by atoms with E-state index >= 15 is 0 Å². The fourth-order valence-electron chi connectivity index (χ4n) is 2.25. The quantitative estimate of drug-likeness (QED) is 0.642. The van der Waals surface area contributed by atoms with E-state index in [1.165, 1.54) is 4.68 Å². The number of benzene rings is 1. The van der Waals surface area contributed by atoms with Gasteiger partial charge in [0.05, 0.1) is 24.3 Å². The molecule has 24 heavy (non-hydrogen) atoms. The summed E-state index contributed by atoms with van der Waals surface area (Å²) in [5.41, 5.74) is 0.454. The van der Waals surface area contributed by atoms with Crippen molar-refractivity contribution in [2.24, 2.45) is 0 Å². The van der Waals surface area contributed by atoms with Gasteiger partial charge in [-0.3, -0.25) is 9.89 Å². The first-order valence-corrected chi connectivity index (χ1v) is 7.20. The Bertz CT molecular complexity index is 1000. The molecular weight excluding hydrogens is 312 g/mol. The van der Waals surface area contributed by atoms with Crippen LogP contribution in [0, 0.1) is 0 Å². The van der Waals surface area contributed by atoms with Gasteiger partial charge in [-0.2, -0.15) is 9.90 Å². The van der Waals surface area contributed by atoms with Gasteiger partial charge in [0.25, 0.3) is 11.5 Å². The molecule has 0 aliphatic rings.